The van der Waals surface area contributed by atoms with Crippen LogP contribution in [0.15, 0.2) is 11.1 Å². The second kappa shape index (κ2) is 5.94. The molecule has 22 heavy (non-hydrogen) atoms. The van der Waals surface area contributed by atoms with Crippen LogP contribution in [-0.4, -0.2) is 53.6 Å². The van der Waals surface area contributed by atoms with Gasteiger partial charge in [-0.15, -0.1) is 0 Å². The molecule has 1 aromatic rings. The van der Waals surface area contributed by atoms with Crippen molar-refractivity contribution in [2.45, 2.75) is 61.5 Å². The second-order valence-electron chi connectivity index (χ2n) is 6.83. The minimum Gasteiger partial charge on any atom is -0.389 e. The summed E-state index contributed by atoms with van der Waals surface area (Å²) in [5.41, 5.74) is 0.0611. The third kappa shape index (κ3) is 3.21. The maximum Gasteiger partial charge on any atom is 0.178 e. The Morgan fingerprint density at radius 2 is 2.09 bits per heavy atom. The lowest BCUT2D eigenvalue weighted by molar-refractivity contribution is -0.0297. The lowest BCUT2D eigenvalue weighted by Crippen LogP contribution is -2.44. The van der Waals surface area contributed by atoms with Crippen LogP contribution in [0.2, 0.25) is 0 Å². The van der Waals surface area contributed by atoms with Gasteiger partial charge in [-0.05, 0) is 32.2 Å². The highest BCUT2D eigenvalue weighted by molar-refractivity contribution is 7.90. The molecule has 0 amide bonds. The monoisotopic (exact) mass is 327 g/mol. The molecule has 0 radical (unpaired) electrons. The third-order valence-corrected chi connectivity index (χ3v) is 6.13. The molecule has 1 saturated carbocycles. The Morgan fingerprint density at radius 1 is 1.36 bits per heavy atom. The third-order valence-electron chi connectivity index (χ3n) is 5.01. The zero-order valence-corrected chi connectivity index (χ0v) is 13.9. The number of sulfone groups is 1. The molecule has 0 spiro atoms. The first kappa shape index (κ1) is 16.0. The molecule has 2 fully saturated rings. The number of aliphatic hydroxyl groups is 1. The largest absolute Gasteiger partial charge is 0.389 e. The van der Waals surface area contributed by atoms with E-state index in [4.69, 9.17) is 0 Å². The van der Waals surface area contributed by atoms with E-state index in [9.17, 15) is 13.5 Å². The molecule has 1 saturated heterocycles. The summed E-state index contributed by atoms with van der Waals surface area (Å²) in [5, 5.41) is 17.6. The van der Waals surface area contributed by atoms with Crippen LogP contribution in [0.25, 0.3) is 0 Å². The van der Waals surface area contributed by atoms with Crippen molar-refractivity contribution in [1.82, 2.24) is 15.1 Å². The van der Waals surface area contributed by atoms with Crippen LogP contribution >= 0.6 is 0 Å². The van der Waals surface area contributed by atoms with Gasteiger partial charge < -0.3 is 5.11 Å². The van der Waals surface area contributed by atoms with Crippen molar-refractivity contribution in [2.75, 3.05) is 19.3 Å². The van der Waals surface area contributed by atoms with Gasteiger partial charge in [-0.2, -0.15) is 5.10 Å². The van der Waals surface area contributed by atoms with Crippen LogP contribution in [0.4, 0.5) is 0 Å². The predicted molar refractivity (Wildman–Crippen MR) is 83.3 cm³/mol. The fourth-order valence-electron chi connectivity index (χ4n) is 3.91. The molecule has 1 aromatic heterocycles. The van der Waals surface area contributed by atoms with E-state index in [1.54, 1.807) is 0 Å². The standard InChI is InChI=1S/C15H25N3O3S/c1-22(20,21)13-10-16-17-14(13)12-6-5-9-18(12)11-15(19)7-3-2-4-8-15/h10,12,19H,2-9,11H2,1H3,(H,16,17)/t12-/m1/s1. The highest BCUT2D eigenvalue weighted by Crippen LogP contribution is 2.37. The van der Waals surface area contributed by atoms with Gasteiger partial charge in [-0.1, -0.05) is 19.3 Å². The normalized spacial score (nSPS) is 26.4. The van der Waals surface area contributed by atoms with E-state index in [1.807, 2.05) is 0 Å². The van der Waals surface area contributed by atoms with E-state index >= 15 is 0 Å². The topological polar surface area (TPSA) is 86.3 Å². The van der Waals surface area contributed by atoms with Crippen molar-refractivity contribution >= 4 is 9.84 Å². The lowest BCUT2D eigenvalue weighted by atomic mass is 9.84. The van der Waals surface area contributed by atoms with E-state index in [0.717, 1.165) is 45.1 Å². The summed E-state index contributed by atoms with van der Waals surface area (Å²) in [4.78, 5) is 2.52. The number of hydrogen-bond acceptors (Lipinski definition) is 5. The first-order chi connectivity index (χ1) is 10.4. The smallest absolute Gasteiger partial charge is 0.178 e. The highest BCUT2D eigenvalue weighted by Gasteiger charge is 2.38. The molecule has 6 nitrogen and oxygen atoms in total. The van der Waals surface area contributed by atoms with Gasteiger partial charge >= 0.3 is 0 Å². The average molecular weight is 327 g/mol. The molecule has 2 aliphatic rings. The first-order valence-corrected chi connectivity index (χ1v) is 9.98. The molecule has 2 heterocycles. The molecule has 1 atom stereocenters. The number of aromatic nitrogens is 2. The molecule has 0 aromatic carbocycles. The molecule has 0 unspecified atom stereocenters. The van der Waals surface area contributed by atoms with Crippen LogP contribution in [0.3, 0.4) is 0 Å². The number of rotatable bonds is 4. The quantitative estimate of drug-likeness (QED) is 0.878. The minimum atomic E-state index is -3.28. The summed E-state index contributed by atoms with van der Waals surface area (Å²) in [7, 11) is -3.28. The molecule has 1 aliphatic carbocycles. The van der Waals surface area contributed by atoms with E-state index < -0.39 is 15.4 Å². The van der Waals surface area contributed by atoms with E-state index in [1.165, 1.54) is 18.9 Å². The molecule has 2 N–H and O–H groups in total. The van der Waals surface area contributed by atoms with Crippen molar-refractivity contribution in [1.29, 1.82) is 0 Å². The maximum atomic E-state index is 11.9. The molecule has 1 aliphatic heterocycles. The van der Waals surface area contributed by atoms with Crippen molar-refractivity contribution in [3.63, 3.8) is 0 Å². The molecule has 3 rings (SSSR count). The van der Waals surface area contributed by atoms with Gasteiger partial charge in [0.25, 0.3) is 0 Å². The molecule has 7 heteroatoms. The van der Waals surface area contributed by atoms with E-state index in [0.29, 0.717) is 17.1 Å². The molecule has 0 bridgehead atoms. The fraction of sp³-hybridized carbons (Fsp3) is 0.800. The summed E-state index contributed by atoms with van der Waals surface area (Å²) in [5.74, 6) is 0. The molecule has 124 valence electrons. The Morgan fingerprint density at radius 3 is 2.77 bits per heavy atom. The SMILES string of the molecule is CS(=O)(=O)c1cn[nH]c1[C@H]1CCCN1CC1(O)CCCCC1. The Bertz CT molecular complexity index is 620. The van der Waals surface area contributed by atoms with Gasteiger partial charge in [-0.3, -0.25) is 10.00 Å². The van der Waals surface area contributed by atoms with Crippen LogP contribution in [0.5, 0.6) is 0 Å². The number of nitrogens with one attached hydrogen (secondary N) is 1. The first-order valence-electron chi connectivity index (χ1n) is 8.09. The maximum absolute atomic E-state index is 11.9. The highest BCUT2D eigenvalue weighted by atomic mass is 32.2. The Kier molecular flexibility index (Phi) is 4.31. The van der Waals surface area contributed by atoms with Crippen molar-refractivity contribution in [3.8, 4) is 0 Å². The summed E-state index contributed by atoms with van der Waals surface area (Å²) < 4.78 is 23.8. The second-order valence-corrected chi connectivity index (χ2v) is 8.82. The Labute approximate surface area is 131 Å². The van der Waals surface area contributed by atoms with Crippen LogP contribution in [-0.2, 0) is 9.84 Å². The summed E-state index contributed by atoms with van der Waals surface area (Å²) >= 11 is 0. The van der Waals surface area contributed by atoms with E-state index in [-0.39, 0.29) is 6.04 Å². The Hall–Kier alpha value is -0.920. The van der Waals surface area contributed by atoms with E-state index in [2.05, 4.69) is 15.1 Å². The number of likely N-dealkylation sites (tertiary alicyclic amines) is 1. The number of β-amino-alcohol motifs (C(OH)–C–C–N with tert-alkyl or cyclic N) is 1. The van der Waals surface area contributed by atoms with Crippen LogP contribution < -0.4 is 0 Å². The zero-order valence-electron chi connectivity index (χ0n) is 13.1. The van der Waals surface area contributed by atoms with Gasteiger partial charge in [0.2, 0.25) is 0 Å². The molecular formula is C15H25N3O3S. The predicted octanol–water partition coefficient (Wildman–Crippen LogP) is 1.65. The number of nitrogens with zero attached hydrogens (tertiary/aromatic N) is 2. The van der Waals surface area contributed by atoms with Gasteiger partial charge in [0.1, 0.15) is 4.90 Å². The summed E-state index contributed by atoms with van der Waals surface area (Å²) in [6.45, 7) is 1.52. The van der Waals surface area contributed by atoms with Gasteiger partial charge in [0.15, 0.2) is 9.84 Å². The van der Waals surface area contributed by atoms with Gasteiger partial charge in [0, 0.05) is 12.8 Å². The van der Waals surface area contributed by atoms with Gasteiger partial charge in [-0.25, -0.2) is 8.42 Å². The number of aromatic amines is 1. The average Bonchev–Trinajstić information content (AvgIpc) is 3.06. The van der Waals surface area contributed by atoms with Crippen LogP contribution in [0, 0.1) is 0 Å². The van der Waals surface area contributed by atoms with Gasteiger partial charge in [0.05, 0.1) is 23.5 Å². The minimum absolute atomic E-state index is 0.0122. The summed E-state index contributed by atoms with van der Waals surface area (Å²) in [6.07, 6.45) is 9.58. The van der Waals surface area contributed by atoms with Crippen molar-refractivity contribution < 1.29 is 13.5 Å². The number of hydrogen-bond donors (Lipinski definition) is 2. The Balaban J connectivity index is 1.80. The number of H-pyrrole nitrogens is 1. The zero-order chi connectivity index (χ0) is 15.8. The fourth-order valence-corrected chi connectivity index (χ4v) is 4.73. The van der Waals surface area contributed by atoms with Crippen LogP contribution in [0.1, 0.15) is 56.7 Å². The molecular weight excluding hydrogens is 302 g/mol. The van der Waals surface area contributed by atoms with Crippen molar-refractivity contribution in [3.05, 3.63) is 11.9 Å². The lowest BCUT2D eigenvalue weighted by Gasteiger charge is -2.37. The van der Waals surface area contributed by atoms with Crippen molar-refractivity contribution in [2.24, 2.45) is 0 Å². The summed E-state index contributed by atoms with van der Waals surface area (Å²) in [6, 6.07) is 0.0122.